The zero-order chi connectivity index (χ0) is 24.0. The number of rotatable bonds is 4. The van der Waals surface area contributed by atoms with Crippen LogP contribution in [0.25, 0.3) is 6.08 Å². The van der Waals surface area contributed by atoms with E-state index >= 15 is 0 Å². The molecule has 0 nitrogen and oxygen atoms in total. The molecule has 1 aliphatic rings. The molecule has 0 spiro atoms. The van der Waals surface area contributed by atoms with Gasteiger partial charge >= 0.3 is 0 Å². The molecule has 0 heterocycles. The summed E-state index contributed by atoms with van der Waals surface area (Å²) in [6, 6.07) is 8.43. The van der Waals surface area contributed by atoms with E-state index in [9.17, 15) is 0 Å². The summed E-state index contributed by atoms with van der Waals surface area (Å²) in [4.78, 5) is 0. The molecule has 3 radical (unpaired) electrons. The van der Waals surface area contributed by atoms with E-state index in [4.69, 9.17) is 0 Å². The Kier molecular flexibility index (Phi) is 11.8. The summed E-state index contributed by atoms with van der Waals surface area (Å²) in [6.45, 7) is 30.6. The summed E-state index contributed by atoms with van der Waals surface area (Å²) in [7, 11) is 0. The molecule has 1 aromatic carbocycles. The first-order valence-corrected chi connectivity index (χ1v) is 12.0. The summed E-state index contributed by atoms with van der Waals surface area (Å²) < 4.78 is 0. The van der Waals surface area contributed by atoms with Crippen LogP contribution in [0.2, 0.25) is 0 Å². The van der Waals surface area contributed by atoms with Crippen molar-refractivity contribution in [3.05, 3.63) is 76.9 Å². The molecule has 2 atom stereocenters. The van der Waals surface area contributed by atoms with Crippen molar-refractivity contribution in [1.29, 1.82) is 0 Å². The predicted octanol–water partition coefficient (Wildman–Crippen LogP) is 9.59. The third kappa shape index (κ3) is 9.39. The lowest BCUT2D eigenvalue weighted by Crippen LogP contribution is -2.10. The SMILES string of the molecule is C=C(/C(C)=C/C1CCCC1C)C(C)(C)C.C=C(/C(C)=C/c1ccccc1C)C(C)(C)C.[B]. The van der Waals surface area contributed by atoms with Crippen molar-refractivity contribution < 1.29 is 0 Å². The maximum Gasteiger partial charge on any atom is 0 e. The quantitative estimate of drug-likeness (QED) is 0.329. The van der Waals surface area contributed by atoms with Crippen molar-refractivity contribution >= 4 is 14.5 Å². The lowest BCUT2D eigenvalue weighted by atomic mass is 9.82. The van der Waals surface area contributed by atoms with Crippen molar-refractivity contribution in [3.63, 3.8) is 0 Å². The van der Waals surface area contributed by atoms with Gasteiger partial charge in [0.1, 0.15) is 0 Å². The fourth-order valence-corrected chi connectivity index (χ4v) is 4.10. The maximum atomic E-state index is 4.22. The van der Waals surface area contributed by atoms with Gasteiger partial charge < -0.3 is 0 Å². The van der Waals surface area contributed by atoms with Crippen molar-refractivity contribution in [1.82, 2.24) is 0 Å². The van der Waals surface area contributed by atoms with Gasteiger partial charge in [-0.1, -0.05) is 116 Å². The lowest BCUT2D eigenvalue weighted by molar-refractivity contribution is 0.490. The summed E-state index contributed by atoms with van der Waals surface area (Å²) >= 11 is 0. The maximum absolute atomic E-state index is 4.22. The molecule has 1 heteroatoms. The van der Waals surface area contributed by atoms with Gasteiger partial charge in [0.15, 0.2) is 0 Å². The van der Waals surface area contributed by atoms with Gasteiger partial charge in [0, 0.05) is 8.41 Å². The highest BCUT2D eigenvalue weighted by molar-refractivity contribution is 5.75. The Balaban J connectivity index is 0.000000584. The standard InChI is InChI=1S/C16H22.C15H26.B/c1-12-9-7-8-10-15(12)11-13(2)14(3)16(4,5)6;1-11-8-7-9-14(11)10-12(2)13(3)15(4,5)6;/h7-11H,3H2,1-2,4-6H3;10-11,14H,3,7-9H2,1-2,4-6H3;/b13-11+;12-10+;. The second kappa shape index (κ2) is 12.5. The lowest BCUT2D eigenvalue weighted by Gasteiger charge is -2.24. The fourth-order valence-electron chi connectivity index (χ4n) is 4.10. The van der Waals surface area contributed by atoms with E-state index in [0.717, 1.165) is 11.8 Å². The van der Waals surface area contributed by atoms with Gasteiger partial charge in [0.2, 0.25) is 0 Å². The van der Waals surface area contributed by atoms with Crippen molar-refractivity contribution in [2.75, 3.05) is 0 Å². The molecular weight excluding hydrogens is 383 g/mol. The van der Waals surface area contributed by atoms with Gasteiger partial charge in [-0.3, -0.25) is 0 Å². The van der Waals surface area contributed by atoms with Crippen LogP contribution in [0.4, 0.5) is 0 Å². The Labute approximate surface area is 202 Å². The second-order valence-electron chi connectivity index (χ2n) is 11.6. The minimum absolute atomic E-state index is 0. The summed E-state index contributed by atoms with van der Waals surface area (Å²) in [6.07, 6.45) is 8.86. The molecule has 0 aliphatic heterocycles. The van der Waals surface area contributed by atoms with Crippen LogP contribution in [0.5, 0.6) is 0 Å². The predicted molar refractivity (Wildman–Crippen MR) is 148 cm³/mol. The zero-order valence-corrected chi connectivity index (χ0v) is 22.7. The Morgan fingerprint density at radius 2 is 1.38 bits per heavy atom. The van der Waals surface area contributed by atoms with E-state index in [1.807, 2.05) is 0 Å². The first-order valence-electron chi connectivity index (χ1n) is 12.0. The van der Waals surface area contributed by atoms with Crippen LogP contribution in [0.3, 0.4) is 0 Å². The van der Waals surface area contributed by atoms with Crippen molar-refractivity contribution in [2.24, 2.45) is 22.7 Å². The topological polar surface area (TPSA) is 0 Å². The summed E-state index contributed by atoms with van der Waals surface area (Å²) in [5.74, 6) is 1.66. The number of hydrogen-bond acceptors (Lipinski definition) is 0. The van der Waals surface area contributed by atoms with E-state index in [1.54, 1.807) is 0 Å². The number of aryl methyl sites for hydroxylation is 1. The fraction of sp³-hybridized carbons (Fsp3) is 0.548. The average Bonchev–Trinajstić information content (AvgIpc) is 3.05. The van der Waals surface area contributed by atoms with Crippen LogP contribution in [-0.4, -0.2) is 8.41 Å². The number of benzene rings is 1. The molecule has 0 N–H and O–H groups in total. The first kappa shape index (κ1) is 30.2. The Morgan fingerprint density at radius 1 is 0.875 bits per heavy atom. The molecule has 1 saturated carbocycles. The highest BCUT2D eigenvalue weighted by atomic mass is 14.3. The van der Waals surface area contributed by atoms with E-state index in [2.05, 4.69) is 119 Å². The largest absolute Gasteiger partial charge is 0.0950 e. The normalized spacial score (nSPS) is 19.6. The third-order valence-electron chi connectivity index (χ3n) is 6.72. The van der Waals surface area contributed by atoms with E-state index < -0.39 is 0 Å². The molecule has 2 unspecified atom stereocenters. The molecule has 0 aromatic heterocycles. The van der Waals surface area contributed by atoms with Crippen LogP contribution >= 0.6 is 0 Å². The number of allylic oxidation sites excluding steroid dienone is 5. The highest BCUT2D eigenvalue weighted by Gasteiger charge is 2.23. The van der Waals surface area contributed by atoms with Gasteiger partial charge in [0.05, 0.1) is 0 Å². The Morgan fingerprint density at radius 3 is 1.81 bits per heavy atom. The Bertz CT molecular complexity index is 821. The minimum atomic E-state index is 0. The van der Waals surface area contributed by atoms with Gasteiger partial charge in [-0.2, -0.15) is 0 Å². The average molecular weight is 432 g/mol. The van der Waals surface area contributed by atoms with Gasteiger partial charge in [0.25, 0.3) is 0 Å². The minimum Gasteiger partial charge on any atom is -0.0950 e. The van der Waals surface area contributed by atoms with Gasteiger partial charge in [-0.15, -0.1) is 0 Å². The van der Waals surface area contributed by atoms with Crippen molar-refractivity contribution in [3.8, 4) is 0 Å². The zero-order valence-electron chi connectivity index (χ0n) is 22.7. The molecule has 175 valence electrons. The highest BCUT2D eigenvalue weighted by Crippen LogP contribution is 2.36. The van der Waals surface area contributed by atoms with Crippen LogP contribution in [0.1, 0.15) is 92.7 Å². The van der Waals surface area contributed by atoms with E-state index in [1.165, 1.54) is 52.7 Å². The molecule has 1 aromatic rings. The van der Waals surface area contributed by atoms with Gasteiger partial charge in [-0.25, -0.2) is 0 Å². The third-order valence-corrected chi connectivity index (χ3v) is 6.72. The molecule has 1 fully saturated rings. The van der Waals surface area contributed by atoms with E-state index in [0.29, 0.717) is 0 Å². The van der Waals surface area contributed by atoms with Crippen LogP contribution in [0.15, 0.2) is 65.8 Å². The molecule has 32 heavy (non-hydrogen) atoms. The molecule has 0 saturated heterocycles. The molecule has 1 aliphatic carbocycles. The van der Waals surface area contributed by atoms with Crippen molar-refractivity contribution in [2.45, 2.75) is 88.5 Å². The summed E-state index contributed by atoms with van der Waals surface area (Å²) in [5, 5.41) is 0. The summed E-state index contributed by atoms with van der Waals surface area (Å²) in [5.41, 5.74) is 8.11. The molecule has 2 rings (SSSR count). The van der Waals surface area contributed by atoms with Crippen LogP contribution < -0.4 is 0 Å². The van der Waals surface area contributed by atoms with Crippen LogP contribution in [0, 0.1) is 29.6 Å². The monoisotopic (exact) mass is 431 g/mol. The van der Waals surface area contributed by atoms with Crippen LogP contribution in [-0.2, 0) is 0 Å². The molecule has 0 bridgehead atoms. The molecule has 0 amide bonds. The first-order chi connectivity index (χ1) is 14.1. The molecular formula is C31H48B. The Hall–Kier alpha value is -1.76. The van der Waals surface area contributed by atoms with Gasteiger partial charge in [-0.05, 0) is 77.7 Å². The number of hydrogen-bond donors (Lipinski definition) is 0. The van der Waals surface area contributed by atoms with E-state index in [-0.39, 0.29) is 19.2 Å². The smallest absolute Gasteiger partial charge is 0 e. The second-order valence-corrected chi connectivity index (χ2v) is 11.6.